The minimum atomic E-state index is -5.22. The topological polar surface area (TPSA) is 176 Å². The Kier molecular flexibility index (Phi) is 15.7. The molecule has 1 aliphatic rings. The highest BCUT2D eigenvalue weighted by Crippen LogP contribution is 2.35. The number of Topliss-reactive ketones (excluding diaryl/α,β-unsaturated/α-hetero) is 1. The fraction of sp³-hybridized carbons (Fsp3) is 0.828. The van der Waals surface area contributed by atoms with Crippen LogP contribution in [0.15, 0.2) is 11.5 Å². The number of hydrogen-bond donors (Lipinski definition) is 6. The fourth-order valence-corrected chi connectivity index (χ4v) is 4.82. The monoisotopic (exact) mass is 641 g/mol. The zero-order chi connectivity index (χ0) is 33.9. The number of hydrogen-bond acceptors (Lipinski definition) is 10. The Hall–Kier alpha value is -2.30. The molecule has 12 nitrogen and oxygen atoms in total. The number of methoxy groups -OCH3 is 1. The zero-order valence-corrected chi connectivity index (χ0v) is 26.7. The van der Waals surface area contributed by atoms with Crippen molar-refractivity contribution in [1.82, 2.24) is 16.0 Å². The lowest BCUT2D eigenvalue weighted by Gasteiger charge is -2.42. The largest absolute Gasteiger partial charge is 0.500 e. The van der Waals surface area contributed by atoms with Crippen LogP contribution in [0.4, 0.5) is 13.2 Å². The van der Waals surface area contributed by atoms with Crippen LogP contribution in [0.1, 0.15) is 73.6 Å². The van der Waals surface area contributed by atoms with Gasteiger partial charge in [-0.25, -0.2) is 0 Å². The van der Waals surface area contributed by atoms with Crippen molar-refractivity contribution < 1.29 is 57.1 Å². The molecule has 0 radical (unpaired) electrons. The second-order valence-corrected chi connectivity index (χ2v) is 12.4. The van der Waals surface area contributed by atoms with Gasteiger partial charge in [0.2, 0.25) is 5.91 Å². The number of ketones is 1. The Bertz CT molecular complexity index is 989. The maximum atomic E-state index is 12.9. The average Bonchev–Trinajstić information content (AvgIpc) is 2.93. The minimum absolute atomic E-state index is 0.0217. The summed E-state index contributed by atoms with van der Waals surface area (Å²) in [5.41, 5.74) is -0.950. The molecule has 5 atom stereocenters. The van der Waals surface area contributed by atoms with Crippen LogP contribution >= 0.6 is 0 Å². The molecule has 1 heterocycles. The van der Waals surface area contributed by atoms with E-state index in [1.54, 1.807) is 33.0 Å². The number of aliphatic hydroxyl groups excluding tert-OH is 3. The van der Waals surface area contributed by atoms with E-state index in [-0.39, 0.29) is 24.8 Å². The van der Waals surface area contributed by atoms with Gasteiger partial charge in [-0.3, -0.25) is 14.4 Å². The number of nitrogens with one attached hydrogen (secondary N) is 3. The van der Waals surface area contributed by atoms with Crippen LogP contribution < -0.4 is 16.0 Å². The average molecular weight is 642 g/mol. The molecule has 1 rings (SSSR count). The molecule has 15 heteroatoms. The zero-order valence-electron chi connectivity index (χ0n) is 26.7. The number of alkyl halides is 3. The smallest absolute Gasteiger partial charge is 0.471 e. The lowest BCUT2D eigenvalue weighted by molar-refractivity contribution is -0.272. The molecular weight excluding hydrogens is 591 g/mol. The van der Waals surface area contributed by atoms with E-state index in [9.17, 15) is 42.9 Å². The molecule has 0 aromatic heterocycles. The SMILES string of the molecule is CO/C(C)=C(/C)NC(=O)C(C)(C)CC(C)(C)C(=O)CNCCCCCCOC1OC(CO)C(O)C(O)C1NC(=O)C(F)(F)F. The van der Waals surface area contributed by atoms with E-state index in [0.717, 1.165) is 12.8 Å². The Balaban J connectivity index is 2.44. The van der Waals surface area contributed by atoms with E-state index in [1.165, 1.54) is 7.11 Å². The number of halogens is 3. The molecule has 0 aliphatic carbocycles. The molecule has 2 amide bonds. The van der Waals surface area contributed by atoms with Gasteiger partial charge in [-0.05, 0) is 39.7 Å². The van der Waals surface area contributed by atoms with E-state index >= 15 is 0 Å². The van der Waals surface area contributed by atoms with Gasteiger partial charge in [0.05, 0.1) is 26.0 Å². The van der Waals surface area contributed by atoms with Crippen LogP contribution in [0, 0.1) is 10.8 Å². The second-order valence-electron chi connectivity index (χ2n) is 12.4. The summed E-state index contributed by atoms with van der Waals surface area (Å²) in [5, 5.41) is 37.1. The molecular formula is C29H50F3N3O9. The van der Waals surface area contributed by atoms with E-state index in [0.29, 0.717) is 37.3 Å². The van der Waals surface area contributed by atoms with Crippen molar-refractivity contribution >= 4 is 17.6 Å². The third kappa shape index (κ3) is 12.2. The molecule has 0 spiro atoms. The van der Waals surface area contributed by atoms with Gasteiger partial charge < -0.3 is 45.5 Å². The molecule has 0 bridgehead atoms. The maximum absolute atomic E-state index is 12.9. The lowest BCUT2D eigenvalue weighted by Crippen LogP contribution is -2.65. The predicted octanol–water partition coefficient (Wildman–Crippen LogP) is 1.66. The van der Waals surface area contributed by atoms with Crippen molar-refractivity contribution in [2.45, 2.75) is 110 Å². The minimum Gasteiger partial charge on any atom is -0.500 e. The van der Waals surface area contributed by atoms with Crippen LogP contribution in [0.2, 0.25) is 0 Å². The highest BCUT2D eigenvalue weighted by Gasteiger charge is 2.49. The molecule has 1 aliphatic heterocycles. The number of allylic oxidation sites excluding steroid dienone is 2. The van der Waals surface area contributed by atoms with Crippen LogP contribution in [0.25, 0.3) is 0 Å². The quantitative estimate of drug-likeness (QED) is 0.0954. The summed E-state index contributed by atoms with van der Waals surface area (Å²) in [6.07, 6.45) is -8.66. The Labute approximate surface area is 257 Å². The number of carbonyl (C=O) groups excluding carboxylic acids is 3. The number of aliphatic hydroxyl groups is 3. The van der Waals surface area contributed by atoms with Gasteiger partial charge in [0.1, 0.15) is 30.1 Å². The molecule has 0 saturated carbocycles. The molecule has 6 N–H and O–H groups in total. The molecule has 256 valence electrons. The summed E-state index contributed by atoms with van der Waals surface area (Å²) in [6, 6.07) is -1.70. The van der Waals surface area contributed by atoms with E-state index in [1.807, 2.05) is 13.8 Å². The van der Waals surface area contributed by atoms with Crippen molar-refractivity contribution in [3.8, 4) is 0 Å². The van der Waals surface area contributed by atoms with Crippen LogP contribution in [-0.4, -0.2) is 103 Å². The van der Waals surface area contributed by atoms with E-state index < -0.39 is 60.2 Å². The Morgan fingerprint density at radius 3 is 2.09 bits per heavy atom. The molecule has 44 heavy (non-hydrogen) atoms. The number of rotatable bonds is 18. The van der Waals surface area contributed by atoms with Crippen LogP contribution in [0.3, 0.4) is 0 Å². The van der Waals surface area contributed by atoms with Gasteiger partial charge in [0.25, 0.3) is 0 Å². The second kappa shape index (κ2) is 17.4. The molecule has 0 aromatic carbocycles. The molecule has 5 unspecified atom stereocenters. The molecule has 1 saturated heterocycles. The summed E-state index contributed by atoms with van der Waals surface area (Å²) >= 11 is 0. The number of carbonyl (C=O) groups is 3. The highest BCUT2D eigenvalue weighted by molar-refractivity contribution is 5.88. The first-order chi connectivity index (χ1) is 20.3. The highest BCUT2D eigenvalue weighted by atomic mass is 19.4. The first-order valence-electron chi connectivity index (χ1n) is 14.7. The van der Waals surface area contributed by atoms with Crippen molar-refractivity contribution in [1.29, 1.82) is 0 Å². The van der Waals surface area contributed by atoms with Gasteiger partial charge in [0.15, 0.2) is 12.1 Å². The molecule has 1 fully saturated rings. The predicted molar refractivity (Wildman–Crippen MR) is 154 cm³/mol. The van der Waals surface area contributed by atoms with Gasteiger partial charge in [-0.1, -0.05) is 40.5 Å². The van der Waals surface area contributed by atoms with Crippen LogP contribution in [-0.2, 0) is 28.6 Å². The summed E-state index contributed by atoms with van der Waals surface area (Å²) in [6.45, 7) is 10.7. The van der Waals surface area contributed by atoms with E-state index in [4.69, 9.17) is 14.2 Å². The summed E-state index contributed by atoms with van der Waals surface area (Å²) in [7, 11) is 1.52. The fourth-order valence-electron chi connectivity index (χ4n) is 4.82. The summed E-state index contributed by atoms with van der Waals surface area (Å²) in [5.74, 6) is -1.96. The number of amides is 2. The van der Waals surface area contributed by atoms with Crippen molar-refractivity contribution in [3.05, 3.63) is 11.5 Å². The third-order valence-electron chi connectivity index (χ3n) is 7.64. The maximum Gasteiger partial charge on any atom is 0.471 e. The Morgan fingerprint density at radius 1 is 0.909 bits per heavy atom. The normalized spacial score (nSPS) is 23.5. The van der Waals surface area contributed by atoms with Gasteiger partial charge in [-0.15, -0.1) is 0 Å². The summed E-state index contributed by atoms with van der Waals surface area (Å²) < 4.78 is 54.1. The van der Waals surface area contributed by atoms with Crippen molar-refractivity contribution in [2.24, 2.45) is 10.8 Å². The lowest BCUT2D eigenvalue weighted by atomic mass is 9.72. The van der Waals surface area contributed by atoms with Crippen LogP contribution in [0.5, 0.6) is 0 Å². The van der Waals surface area contributed by atoms with Crippen molar-refractivity contribution in [3.63, 3.8) is 0 Å². The number of unbranched alkanes of at least 4 members (excludes halogenated alkanes) is 3. The first-order valence-corrected chi connectivity index (χ1v) is 14.7. The van der Waals surface area contributed by atoms with Gasteiger partial charge in [0, 0.05) is 17.4 Å². The van der Waals surface area contributed by atoms with Crippen molar-refractivity contribution in [2.75, 3.05) is 33.4 Å². The first kappa shape index (κ1) is 39.7. The standard InChI is InChI=1S/C29H50F3N3O9/c1-17(18(2)42-7)34-25(40)28(5,6)16-27(3,4)20(37)14-33-12-10-8-9-11-13-43-24-21(35-26(41)29(30,31)32)23(39)22(38)19(15-36)44-24/h19,21-24,33,36,38-39H,8-16H2,1-7H3,(H,34,40)(H,35,41)/b18-17-. The summed E-state index contributed by atoms with van der Waals surface area (Å²) in [4.78, 5) is 37.1. The number of ether oxygens (including phenoxy) is 3. The third-order valence-corrected chi connectivity index (χ3v) is 7.64. The molecule has 0 aromatic rings. The van der Waals surface area contributed by atoms with Gasteiger partial charge >= 0.3 is 12.1 Å². The van der Waals surface area contributed by atoms with Gasteiger partial charge in [-0.2, -0.15) is 13.2 Å². The Morgan fingerprint density at radius 2 is 1.52 bits per heavy atom. The van der Waals surface area contributed by atoms with E-state index in [2.05, 4.69) is 10.6 Å².